The smallest absolute Gasteiger partial charge is 0.180 e. The fourth-order valence-electron chi connectivity index (χ4n) is 8.28. The monoisotopic (exact) mass is 576 g/mol. The minimum Gasteiger partial charge on any atom is -0.506 e. The van der Waals surface area contributed by atoms with Crippen LogP contribution in [-0.4, -0.2) is 58.6 Å². The molecule has 8 heteroatoms. The van der Waals surface area contributed by atoms with Gasteiger partial charge < -0.3 is 24.1 Å². The lowest BCUT2D eigenvalue weighted by molar-refractivity contribution is -0.224. The van der Waals surface area contributed by atoms with Gasteiger partial charge in [-0.3, -0.25) is 14.4 Å². The van der Waals surface area contributed by atoms with Crippen molar-refractivity contribution in [1.29, 1.82) is 0 Å². The van der Waals surface area contributed by atoms with Gasteiger partial charge in [0.25, 0.3) is 0 Å². The maximum absolute atomic E-state index is 14.9. The Bertz CT molecular complexity index is 1510. The van der Waals surface area contributed by atoms with E-state index in [1.807, 2.05) is 53.7 Å². The fraction of sp³-hybridized carbons (Fsp3) is 0.559. The number of phenolic OH excluding ortho intramolecular Hbond substituents is 1. The van der Waals surface area contributed by atoms with Crippen molar-refractivity contribution in [2.75, 3.05) is 7.11 Å². The van der Waals surface area contributed by atoms with Crippen LogP contribution in [0.5, 0.6) is 17.2 Å². The average Bonchev–Trinajstić information content (AvgIpc) is 3.06. The molecule has 7 rings (SSSR count). The lowest BCUT2D eigenvalue weighted by Gasteiger charge is -2.62. The molecule has 1 spiro atoms. The molecule has 3 aliphatic carbocycles. The Balaban J connectivity index is 1.68. The summed E-state index contributed by atoms with van der Waals surface area (Å²) < 4.78 is 26.3. The standard InChI is InChI=1S/C34H40O8/c1-17(2)9-10-20-27-19(12-13-31(4,5)40-27)25(36)23-26(37)24-29(39-8)21-15-22-32(6,7)42-33(30(21)38,14-11-18(3)16-35)34(22,24)41-28(20)23/h9,11-13,16,21-22,24,29,36H,10,14-15H2,1-8H3/b18-11+. The zero-order valence-corrected chi connectivity index (χ0v) is 25.6. The van der Waals surface area contributed by atoms with Crippen LogP contribution in [0.4, 0.5) is 0 Å². The highest BCUT2D eigenvalue weighted by Gasteiger charge is 2.85. The molecule has 3 saturated carbocycles. The molecule has 224 valence electrons. The number of Topliss-reactive ketones (excluding diaryl/α,β-unsaturated/α-hetero) is 2. The number of aldehydes is 1. The van der Waals surface area contributed by atoms with Crippen LogP contribution in [0, 0.1) is 17.8 Å². The van der Waals surface area contributed by atoms with Gasteiger partial charge in [0.15, 0.2) is 22.8 Å². The first-order valence-electron chi connectivity index (χ1n) is 14.7. The van der Waals surface area contributed by atoms with E-state index in [2.05, 4.69) is 0 Å². The fourth-order valence-corrected chi connectivity index (χ4v) is 8.28. The first kappa shape index (κ1) is 28.9. The summed E-state index contributed by atoms with van der Waals surface area (Å²) >= 11 is 0. The number of carbonyl (C=O) groups excluding carboxylic acids is 3. The van der Waals surface area contributed by atoms with Gasteiger partial charge in [-0.2, -0.15) is 0 Å². The van der Waals surface area contributed by atoms with Crippen LogP contribution in [0.1, 0.15) is 82.8 Å². The van der Waals surface area contributed by atoms with Gasteiger partial charge >= 0.3 is 0 Å². The van der Waals surface area contributed by atoms with Crippen LogP contribution in [0.15, 0.2) is 29.4 Å². The Kier molecular flexibility index (Phi) is 6.28. The second-order valence-electron chi connectivity index (χ2n) is 13.8. The molecular weight excluding hydrogens is 536 g/mol. The second kappa shape index (κ2) is 9.13. The highest BCUT2D eigenvalue weighted by molar-refractivity contribution is 6.10. The van der Waals surface area contributed by atoms with Gasteiger partial charge in [-0.15, -0.1) is 0 Å². The molecule has 0 aromatic heterocycles. The molecule has 1 aromatic rings. The van der Waals surface area contributed by atoms with Crippen LogP contribution in [0.3, 0.4) is 0 Å². The number of ketones is 2. The quantitative estimate of drug-likeness (QED) is 0.275. The summed E-state index contributed by atoms with van der Waals surface area (Å²) in [6.45, 7) is 13.4. The van der Waals surface area contributed by atoms with E-state index < -0.39 is 40.3 Å². The third-order valence-corrected chi connectivity index (χ3v) is 10.0. The van der Waals surface area contributed by atoms with Crippen molar-refractivity contribution >= 4 is 23.9 Å². The molecule has 0 radical (unpaired) electrons. The number of hydrogen-bond acceptors (Lipinski definition) is 8. The molecule has 42 heavy (non-hydrogen) atoms. The summed E-state index contributed by atoms with van der Waals surface area (Å²) in [5, 5.41) is 11.7. The highest BCUT2D eigenvalue weighted by atomic mass is 16.6. The summed E-state index contributed by atoms with van der Waals surface area (Å²) in [6.07, 6.45) is 8.28. The highest BCUT2D eigenvalue weighted by Crippen LogP contribution is 2.70. The Morgan fingerprint density at radius 3 is 2.45 bits per heavy atom. The molecule has 8 nitrogen and oxygen atoms in total. The summed E-state index contributed by atoms with van der Waals surface area (Å²) in [4.78, 5) is 40.9. The normalized spacial score (nSPS) is 34.6. The van der Waals surface area contributed by atoms with Crippen LogP contribution < -0.4 is 9.47 Å². The van der Waals surface area contributed by atoms with Crippen molar-refractivity contribution in [1.82, 2.24) is 0 Å². The van der Waals surface area contributed by atoms with Gasteiger partial charge in [0.05, 0.1) is 23.2 Å². The number of carbonyl (C=O) groups is 3. The van der Waals surface area contributed by atoms with E-state index in [1.54, 1.807) is 19.1 Å². The number of ether oxygens (including phenoxy) is 4. The molecule has 0 amide bonds. The van der Waals surface area contributed by atoms with Crippen molar-refractivity contribution in [3.8, 4) is 17.2 Å². The molecule has 3 aliphatic heterocycles. The van der Waals surface area contributed by atoms with E-state index in [4.69, 9.17) is 18.9 Å². The third kappa shape index (κ3) is 3.57. The summed E-state index contributed by atoms with van der Waals surface area (Å²) in [6, 6.07) is 0. The third-order valence-electron chi connectivity index (χ3n) is 10.0. The molecule has 6 unspecified atom stereocenters. The van der Waals surface area contributed by atoms with Gasteiger partial charge in [0.2, 0.25) is 0 Å². The van der Waals surface area contributed by atoms with E-state index in [9.17, 15) is 19.5 Å². The van der Waals surface area contributed by atoms with Gasteiger partial charge in [-0.1, -0.05) is 17.7 Å². The first-order valence-corrected chi connectivity index (χ1v) is 14.7. The maximum Gasteiger partial charge on any atom is 0.180 e. The van der Waals surface area contributed by atoms with Gasteiger partial charge in [0, 0.05) is 30.9 Å². The zero-order valence-electron chi connectivity index (χ0n) is 25.6. The van der Waals surface area contributed by atoms with E-state index in [0.717, 1.165) is 11.9 Å². The minimum absolute atomic E-state index is 0.0783. The number of benzene rings is 1. The predicted molar refractivity (Wildman–Crippen MR) is 156 cm³/mol. The Hall–Kier alpha value is -3.23. The molecule has 3 heterocycles. The lowest BCUT2D eigenvalue weighted by Crippen LogP contribution is -2.80. The first-order chi connectivity index (χ1) is 19.7. The van der Waals surface area contributed by atoms with Crippen molar-refractivity contribution in [2.45, 2.75) is 96.2 Å². The van der Waals surface area contributed by atoms with Gasteiger partial charge in [-0.05, 0) is 79.0 Å². The van der Waals surface area contributed by atoms with E-state index in [0.29, 0.717) is 35.3 Å². The lowest BCUT2D eigenvalue weighted by atomic mass is 9.45. The number of aromatic hydroxyl groups is 1. The molecule has 6 aliphatic rings. The summed E-state index contributed by atoms with van der Waals surface area (Å²) in [5.41, 5.74) is -1.74. The van der Waals surface area contributed by atoms with Crippen LogP contribution in [0.25, 0.3) is 6.08 Å². The van der Waals surface area contributed by atoms with E-state index in [-0.39, 0.29) is 41.0 Å². The minimum atomic E-state index is -1.53. The van der Waals surface area contributed by atoms with Gasteiger partial charge in [0.1, 0.15) is 34.7 Å². The maximum atomic E-state index is 14.9. The van der Waals surface area contributed by atoms with Gasteiger partial charge in [-0.25, -0.2) is 0 Å². The SMILES string of the molecule is COC1C2CC3C(C)(C)OC(C/C=C(\C)C=O)(C2=O)C32Oc3c(CC=C(C)C)c4c(c(O)c3C(=O)C12)C=CC(C)(C)O4. The Morgan fingerprint density at radius 1 is 1.10 bits per heavy atom. The number of phenols is 1. The van der Waals surface area contributed by atoms with Crippen molar-refractivity contribution in [3.63, 3.8) is 0 Å². The number of fused-ring (bicyclic) bond motifs is 2. The van der Waals surface area contributed by atoms with Crippen LogP contribution in [0.2, 0.25) is 0 Å². The van der Waals surface area contributed by atoms with Crippen LogP contribution in [-0.2, 0) is 25.5 Å². The number of methoxy groups -OCH3 is 1. The topological polar surface area (TPSA) is 108 Å². The average molecular weight is 577 g/mol. The Labute approximate surface area is 246 Å². The second-order valence-corrected chi connectivity index (χ2v) is 13.8. The molecule has 1 N–H and O–H groups in total. The molecule has 1 saturated heterocycles. The number of hydrogen-bond donors (Lipinski definition) is 1. The molecule has 1 aromatic carbocycles. The Morgan fingerprint density at radius 2 is 1.81 bits per heavy atom. The van der Waals surface area contributed by atoms with Crippen molar-refractivity contribution in [3.05, 3.63) is 46.1 Å². The largest absolute Gasteiger partial charge is 0.506 e. The molecule has 6 atom stereocenters. The molecular formula is C34H40O8. The molecule has 4 bridgehead atoms. The predicted octanol–water partition coefficient (Wildman–Crippen LogP) is 5.33. The van der Waals surface area contributed by atoms with Crippen LogP contribution >= 0.6 is 0 Å². The van der Waals surface area contributed by atoms with E-state index >= 15 is 0 Å². The number of rotatable bonds is 6. The summed E-state index contributed by atoms with van der Waals surface area (Å²) in [7, 11) is 1.51. The number of allylic oxidation sites excluding steroid dienone is 3. The van der Waals surface area contributed by atoms with E-state index in [1.165, 1.54) is 7.11 Å². The van der Waals surface area contributed by atoms with Crippen molar-refractivity contribution in [2.24, 2.45) is 17.8 Å². The summed E-state index contributed by atoms with van der Waals surface area (Å²) in [5.74, 6) is -1.86. The van der Waals surface area contributed by atoms with Crippen molar-refractivity contribution < 1.29 is 38.4 Å². The molecule has 4 fully saturated rings. The zero-order chi connectivity index (χ0) is 30.6.